The van der Waals surface area contributed by atoms with Gasteiger partial charge in [0.15, 0.2) is 0 Å². The zero-order valence-corrected chi connectivity index (χ0v) is 14.8. The number of fused-ring (bicyclic) bond motifs is 2. The number of rotatable bonds is 3. The number of carbonyl (C=O) groups excluding carboxylic acids is 1. The van der Waals surface area contributed by atoms with Crippen molar-refractivity contribution in [3.05, 3.63) is 76.1 Å². The number of halogens is 2. The molecule has 0 saturated carbocycles. The van der Waals surface area contributed by atoms with Crippen molar-refractivity contribution >= 4 is 39.6 Å². The Kier molecular flexibility index (Phi) is 4.95. The van der Waals surface area contributed by atoms with Gasteiger partial charge in [0.25, 0.3) is 0 Å². The minimum Gasteiger partial charge on any atom is -0.463 e. The fourth-order valence-electron chi connectivity index (χ4n) is 2.77. The molecular weight excluding hydrogens is 371 g/mol. The van der Waals surface area contributed by atoms with E-state index in [4.69, 9.17) is 4.74 Å². The zero-order chi connectivity index (χ0) is 17.1. The van der Waals surface area contributed by atoms with E-state index in [0.29, 0.717) is 17.7 Å². The summed E-state index contributed by atoms with van der Waals surface area (Å²) >= 11 is 3.46. The number of alkyl halides is 1. The molecule has 0 saturated heterocycles. The van der Waals surface area contributed by atoms with Gasteiger partial charge < -0.3 is 4.74 Å². The van der Waals surface area contributed by atoms with Gasteiger partial charge in [-0.1, -0.05) is 52.3 Å². The third-order valence-corrected chi connectivity index (χ3v) is 4.50. The number of ether oxygens (including phenoxy) is 1. The van der Waals surface area contributed by atoms with Crippen molar-refractivity contribution in [2.45, 2.75) is 12.3 Å². The van der Waals surface area contributed by atoms with E-state index in [1.807, 2.05) is 24.3 Å². The van der Waals surface area contributed by atoms with E-state index in [1.165, 1.54) is 18.2 Å². The van der Waals surface area contributed by atoms with Crippen LogP contribution in [0.25, 0.3) is 17.7 Å². The Morgan fingerprint density at radius 3 is 2.67 bits per heavy atom. The van der Waals surface area contributed by atoms with E-state index in [2.05, 4.69) is 22.0 Å². The Bertz CT molecular complexity index is 853. The van der Waals surface area contributed by atoms with Crippen LogP contribution in [0.5, 0.6) is 0 Å². The minimum atomic E-state index is -0.430. The van der Waals surface area contributed by atoms with Gasteiger partial charge in [-0.3, -0.25) is 0 Å². The van der Waals surface area contributed by atoms with E-state index >= 15 is 0 Å². The molecule has 0 heterocycles. The molecule has 0 aliphatic heterocycles. The van der Waals surface area contributed by atoms with Crippen LogP contribution in [0, 0.1) is 5.82 Å². The van der Waals surface area contributed by atoms with Gasteiger partial charge >= 0.3 is 5.97 Å². The van der Waals surface area contributed by atoms with Gasteiger partial charge in [-0.15, -0.1) is 0 Å². The first-order valence-corrected chi connectivity index (χ1v) is 8.80. The Morgan fingerprint density at radius 1 is 1.12 bits per heavy atom. The quantitative estimate of drug-likeness (QED) is 0.351. The number of esters is 1. The lowest BCUT2D eigenvalue weighted by Gasteiger charge is -2.13. The molecule has 0 atom stereocenters. The lowest BCUT2D eigenvalue weighted by molar-refractivity contribution is -0.137. The first-order chi connectivity index (χ1) is 11.6. The molecule has 0 unspecified atom stereocenters. The van der Waals surface area contributed by atoms with Crippen molar-refractivity contribution in [1.82, 2.24) is 0 Å². The summed E-state index contributed by atoms with van der Waals surface area (Å²) in [4.78, 5) is 12.0. The Hall–Kier alpha value is -2.20. The summed E-state index contributed by atoms with van der Waals surface area (Å²) in [5, 5.41) is 0.743. The van der Waals surface area contributed by atoms with Crippen LogP contribution in [-0.4, -0.2) is 12.6 Å². The molecule has 4 heteroatoms. The summed E-state index contributed by atoms with van der Waals surface area (Å²) in [6.45, 7) is 2.06. The van der Waals surface area contributed by atoms with E-state index in [0.717, 1.165) is 27.6 Å². The summed E-state index contributed by atoms with van der Waals surface area (Å²) in [7, 11) is 0. The van der Waals surface area contributed by atoms with Crippen LogP contribution in [0.15, 0.2) is 42.5 Å². The minimum absolute atomic E-state index is 0.298. The summed E-state index contributed by atoms with van der Waals surface area (Å²) < 4.78 is 18.9. The molecule has 0 N–H and O–H groups in total. The van der Waals surface area contributed by atoms with E-state index in [-0.39, 0.29) is 5.82 Å². The van der Waals surface area contributed by atoms with Crippen LogP contribution in [0.3, 0.4) is 0 Å². The van der Waals surface area contributed by atoms with Gasteiger partial charge in [0, 0.05) is 11.4 Å². The molecule has 1 aliphatic rings. The molecule has 0 amide bonds. The van der Waals surface area contributed by atoms with Gasteiger partial charge in [0.2, 0.25) is 0 Å². The van der Waals surface area contributed by atoms with Crippen molar-refractivity contribution < 1.29 is 13.9 Å². The Balaban J connectivity index is 2.24. The van der Waals surface area contributed by atoms with Crippen molar-refractivity contribution in [3.63, 3.8) is 0 Å². The van der Waals surface area contributed by atoms with Crippen molar-refractivity contribution in [1.29, 1.82) is 0 Å². The molecule has 0 fully saturated rings. The van der Waals surface area contributed by atoms with Crippen molar-refractivity contribution in [3.8, 4) is 0 Å². The average Bonchev–Trinajstić information content (AvgIpc) is 2.72. The Labute approximate surface area is 148 Å². The average molecular weight is 387 g/mol. The Morgan fingerprint density at radius 2 is 1.92 bits per heavy atom. The smallest absolute Gasteiger partial charge is 0.331 e. The van der Waals surface area contributed by atoms with Crippen LogP contribution in [0.2, 0.25) is 0 Å². The molecular formula is C20H16BrFO2. The number of carbonyl (C=O) groups is 1. The van der Waals surface area contributed by atoms with E-state index in [9.17, 15) is 9.18 Å². The number of benzene rings is 2. The highest BCUT2D eigenvalue weighted by atomic mass is 79.9. The number of hydrogen-bond donors (Lipinski definition) is 0. The molecule has 0 radical (unpaired) electrons. The number of hydrogen-bond acceptors (Lipinski definition) is 2. The first-order valence-electron chi connectivity index (χ1n) is 7.68. The first kappa shape index (κ1) is 16.7. The fraction of sp³-hybridized carbons (Fsp3) is 0.150. The lowest BCUT2D eigenvalue weighted by Crippen LogP contribution is -2.03. The SMILES string of the molecule is CCOC(=O)C=C1c2ccc(CBr)cc2C=Cc2ccc(F)cc21. The van der Waals surface area contributed by atoms with Gasteiger partial charge in [0.05, 0.1) is 6.61 Å². The maximum atomic E-state index is 13.8. The summed E-state index contributed by atoms with van der Waals surface area (Å²) in [6.07, 6.45) is 5.38. The monoisotopic (exact) mass is 386 g/mol. The van der Waals surface area contributed by atoms with Gasteiger partial charge in [-0.25, -0.2) is 9.18 Å². The second-order valence-electron chi connectivity index (χ2n) is 5.43. The fourth-order valence-corrected chi connectivity index (χ4v) is 3.12. The predicted octanol–water partition coefficient (Wildman–Crippen LogP) is 5.20. The maximum Gasteiger partial charge on any atom is 0.331 e. The van der Waals surface area contributed by atoms with Crippen LogP contribution < -0.4 is 0 Å². The van der Waals surface area contributed by atoms with E-state index in [1.54, 1.807) is 13.0 Å². The van der Waals surface area contributed by atoms with Crippen LogP contribution in [-0.2, 0) is 14.9 Å². The second-order valence-corrected chi connectivity index (χ2v) is 5.99. The highest BCUT2D eigenvalue weighted by Crippen LogP contribution is 2.35. The third kappa shape index (κ3) is 3.34. The lowest BCUT2D eigenvalue weighted by atomic mass is 9.92. The molecule has 0 spiro atoms. The summed E-state index contributed by atoms with van der Waals surface area (Å²) in [5.74, 6) is -0.766. The third-order valence-electron chi connectivity index (χ3n) is 3.86. The molecule has 2 nitrogen and oxygen atoms in total. The predicted molar refractivity (Wildman–Crippen MR) is 98.1 cm³/mol. The molecule has 1 aliphatic carbocycles. The van der Waals surface area contributed by atoms with Crippen LogP contribution in [0.4, 0.5) is 4.39 Å². The normalized spacial score (nSPS) is 14.0. The molecule has 3 rings (SSSR count). The standard InChI is InChI=1S/C20H16BrFO2/c1-2-24-20(23)11-19-17-8-3-13(12-21)9-15(17)5-4-14-6-7-16(22)10-18(14)19/h3-11H,2,12H2,1H3. The second kappa shape index (κ2) is 7.14. The maximum absolute atomic E-state index is 13.8. The topological polar surface area (TPSA) is 26.3 Å². The molecule has 0 aromatic heterocycles. The van der Waals surface area contributed by atoms with Crippen molar-refractivity contribution in [2.24, 2.45) is 0 Å². The summed E-state index contributed by atoms with van der Waals surface area (Å²) in [5.41, 5.74) is 5.22. The molecule has 2 aromatic carbocycles. The largest absolute Gasteiger partial charge is 0.463 e. The molecule has 2 aromatic rings. The zero-order valence-electron chi connectivity index (χ0n) is 13.2. The van der Waals surface area contributed by atoms with E-state index < -0.39 is 5.97 Å². The molecule has 122 valence electrons. The molecule has 0 bridgehead atoms. The highest BCUT2D eigenvalue weighted by Gasteiger charge is 2.18. The highest BCUT2D eigenvalue weighted by molar-refractivity contribution is 9.08. The van der Waals surface area contributed by atoms with Crippen LogP contribution >= 0.6 is 15.9 Å². The summed E-state index contributed by atoms with van der Waals surface area (Å²) in [6, 6.07) is 10.6. The molecule has 24 heavy (non-hydrogen) atoms. The van der Waals surface area contributed by atoms with Gasteiger partial charge in [0.1, 0.15) is 5.82 Å². The van der Waals surface area contributed by atoms with Crippen molar-refractivity contribution in [2.75, 3.05) is 6.61 Å². The van der Waals surface area contributed by atoms with Crippen LogP contribution in [0.1, 0.15) is 34.7 Å². The van der Waals surface area contributed by atoms with Gasteiger partial charge in [-0.2, -0.15) is 0 Å². The van der Waals surface area contributed by atoms with Gasteiger partial charge in [-0.05, 0) is 52.4 Å².